The summed E-state index contributed by atoms with van der Waals surface area (Å²) < 4.78 is 25.9. The van der Waals surface area contributed by atoms with Crippen LogP contribution < -0.4 is 20.7 Å². The smallest absolute Gasteiger partial charge is 0.456 e. The molecule has 10 aromatic rings. The number of furan rings is 1. The Kier molecular flexibility index (Phi) is 8.91. The molecule has 11 rings (SSSR count). The molecule has 7 heteroatoms. The van der Waals surface area contributed by atoms with Crippen LogP contribution in [0, 0.1) is 12.1 Å². The summed E-state index contributed by atoms with van der Waals surface area (Å²) in [4.78, 5) is 9.85. The number of benzene rings is 7. The van der Waals surface area contributed by atoms with Crippen LogP contribution in [0.1, 0.15) is 40.0 Å². The van der Waals surface area contributed by atoms with Crippen molar-refractivity contribution in [1.82, 2.24) is 14.5 Å². The first kappa shape index (κ1) is 36.1. The number of nitrogens with zero attached hydrogens (tertiary/aromatic N) is 3. The molecule has 0 radical (unpaired) electrons. The largest absolute Gasteiger partial charge is 2.00 e. The summed E-state index contributed by atoms with van der Waals surface area (Å²) in [6.07, 6.45) is 0.351. The maximum Gasteiger partial charge on any atom is 2.00 e. The van der Waals surface area contributed by atoms with Gasteiger partial charge in [0.25, 0.3) is 0 Å². The van der Waals surface area contributed by atoms with E-state index in [0.29, 0.717) is 11.1 Å². The molecule has 0 aliphatic carbocycles. The topological polar surface area (TPSA) is 43.9 Å². The molecule has 0 spiro atoms. The SMILES string of the molecule is Cn1c(-c2[c-]c(C(F)c3[c-]c4c(cc3)[Si](c3ccccc3)(c3ccccc3)c3cc5c(cc3C4c3ccccn3)oc3ccccc35)ccc2)nc2ccccc21.[Pd+2]. The number of imidazole rings is 1. The van der Waals surface area contributed by atoms with Crippen molar-refractivity contribution in [3.63, 3.8) is 0 Å². The molecule has 280 valence electrons. The first-order chi connectivity index (χ1) is 28.1. The van der Waals surface area contributed by atoms with Gasteiger partial charge in [-0.1, -0.05) is 124 Å². The molecule has 0 amide bonds. The Bertz CT molecular complexity index is 3090. The molecule has 0 saturated carbocycles. The standard InChI is InChI=1S/C51H34FN3OSi.Pd/c1-55-44-24-10-9-22-42(44)54-51(55)35-16-14-15-33(29-35)50(52)34-26-27-47-40(30-34)49(43-23-12-13-28-53-43)41-31-46-39(38-21-8-11-25-45(38)56-46)32-48(41)57(47,36-17-4-2-5-18-36)37-19-6-3-7-20-37;/h2-28,31-32,49-50H,1H3;/q-2;+2. The molecule has 1 aliphatic heterocycles. The molecule has 58 heavy (non-hydrogen) atoms. The maximum atomic E-state index is 17.3. The predicted octanol–water partition coefficient (Wildman–Crippen LogP) is 9.06. The first-order valence-corrected chi connectivity index (χ1v) is 21.2. The summed E-state index contributed by atoms with van der Waals surface area (Å²) in [6, 6.07) is 65.6. The van der Waals surface area contributed by atoms with Crippen molar-refractivity contribution in [2.24, 2.45) is 7.05 Å². The molecular weight excluding hydrogens is 824 g/mol. The third kappa shape index (κ3) is 5.50. The van der Waals surface area contributed by atoms with Crippen molar-refractivity contribution < 1.29 is 29.2 Å². The number of aromatic nitrogens is 3. The average Bonchev–Trinajstić information content (AvgIpc) is 3.82. The van der Waals surface area contributed by atoms with Crippen LogP contribution in [0.5, 0.6) is 0 Å². The number of fused-ring (bicyclic) bond motifs is 6. The molecule has 0 saturated heterocycles. The number of para-hydroxylation sites is 3. The van der Waals surface area contributed by atoms with Gasteiger partial charge in [-0.15, -0.1) is 46.1 Å². The number of hydrogen-bond acceptors (Lipinski definition) is 3. The van der Waals surface area contributed by atoms with Crippen LogP contribution in [0.3, 0.4) is 0 Å². The molecule has 4 heterocycles. The van der Waals surface area contributed by atoms with Gasteiger partial charge < -0.3 is 8.98 Å². The number of halogens is 1. The van der Waals surface area contributed by atoms with E-state index in [2.05, 4.69) is 109 Å². The van der Waals surface area contributed by atoms with E-state index in [9.17, 15) is 0 Å². The molecule has 0 N–H and O–H groups in total. The van der Waals surface area contributed by atoms with E-state index in [1.807, 2.05) is 84.5 Å². The van der Waals surface area contributed by atoms with Crippen LogP contribution in [0.25, 0.3) is 44.4 Å². The van der Waals surface area contributed by atoms with Crippen LogP contribution in [0.2, 0.25) is 0 Å². The number of pyridine rings is 1. The molecule has 4 nitrogen and oxygen atoms in total. The van der Waals surface area contributed by atoms with E-state index in [-0.39, 0.29) is 26.3 Å². The Hall–Kier alpha value is -6.23. The van der Waals surface area contributed by atoms with Crippen molar-refractivity contribution in [3.8, 4) is 11.4 Å². The van der Waals surface area contributed by atoms with Gasteiger partial charge in [0.2, 0.25) is 0 Å². The fourth-order valence-corrected chi connectivity index (χ4v) is 14.4. The minimum absolute atomic E-state index is 0. The summed E-state index contributed by atoms with van der Waals surface area (Å²) in [5.74, 6) is 0.411. The zero-order valence-electron chi connectivity index (χ0n) is 31.3. The first-order valence-electron chi connectivity index (χ1n) is 19.2. The van der Waals surface area contributed by atoms with Gasteiger partial charge in [-0.25, -0.2) is 4.39 Å². The Balaban J connectivity index is 0.00000408. The number of hydrogen-bond donors (Lipinski definition) is 0. The zero-order chi connectivity index (χ0) is 38.1. The van der Waals surface area contributed by atoms with Gasteiger partial charge in [0.1, 0.15) is 25.4 Å². The van der Waals surface area contributed by atoms with E-state index in [4.69, 9.17) is 14.4 Å². The maximum absolute atomic E-state index is 17.3. The van der Waals surface area contributed by atoms with Crippen LogP contribution in [-0.4, -0.2) is 22.6 Å². The summed E-state index contributed by atoms with van der Waals surface area (Å²) in [7, 11) is -1.10. The summed E-state index contributed by atoms with van der Waals surface area (Å²) in [5.41, 5.74) is 8.09. The predicted molar refractivity (Wildman–Crippen MR) is 229 cm³/mol. The van der Waals surface area contributed by atoms with Crippen molar-refractivity contribution in [1.29, 1.82) is 0 Å². The Labute approximate surface area is 350 Å². The van der Waals surface area contributed by atoms with Crippen LogP contribution in [-0.2, 0) is 27.5 Å². The van der Waals surface area contributed by atoms with Gasteiger partial charge in [-0.05, 0) is 42.0 Å². The Morgan fingerprint density at radius 3 is 2.12 bits per heavy atom. The normalized spacial score (nSPS) is 14.8. The van der Waals surface area contributed by atoms with Gasteiger partial charge in [-0.2, -0.15) is 18.2 Å². The third-order valence-corrected chi connectivity index (χ3v) is 16.6. The van der Waals surface area contributed by atoms with Crippen LogP contribution in [0.15, 0.2) is 180 Å². The molecule has 0 bridgehead atoms. The third-order valence-electron chi connectivity index (χ3n) is 11.7. The van der Waals surface area contributed by atoms with Gasteiger partial charge in [0, 0.05) is 29.9 Å². The monoisotopic (exact) mass is 857 g/mol. The van der Waals surface area contributed by atoms with Crippen molar-refractivity contribution >= 4 is 61.8 Å². The zero-order valence-corrected chi connectivity index (χ0v) is 33.9. The molecule has 3 aromatic heterocycles. The van der Waals surface area contributed by atoms with Gasteiger partial charge in [0.15, 0.2) is 0 Å². The van der Waals surface area contributed by atoms with E-state index >= 15 is 4.39 Å². The second kappa shape index (κ2) is 14.3. The molecule has 2 atom stereocenters. The van der Waals surface area contributed by atoms with E-state index in [1.54, 1.807) is 6.07 Å². The number of alkyl halides is 1. The van der Waals surface area contributed by atoms with Crippen molar-refractivity contribution in [2.45, 2.75) is 12.1 Å². The van der Waals surface area contributed by atoms with E-state index < -0.39 is 14.2 Å². The summed E-state index contributed by atoms with van der Waals surface area (Å²) >= 11 is 0. The second-order valence-electron chi connectivity index (χ2n) is 14.8. The molecule has 7 aromatic carbocycles. The quantitative estimate of drug-likeness (QED) is 0.124. The van der Waals surface area contributed by atoms with Gasteiger partial charge >= 0.3 is 20.4 Å². The summed E-state index contributed by atoms with van der Waals surface area (Å²) in [6.45, 7) is 0. The molecule has 0 fully saturated rings. The molecule has 1 aliphatic rings. The number of aryl methyl sites for hydroxylation is 1. The van der Waals surface area contributed by atoms with Crippen LogP contribution >= 0.6 is 0 Å². The molecular formula is C51H34FN3OPdSi. The van der Waals surface area contributed by atoms with E-state index in [1.165, 1.54) is 20.7 Å². The summed E-state index contributed by atoms with van der Waals surface area (Å²) in [5, 5.41) is 7.08. The number of rotatable bonds is 6. The van der Waals surface area contributed by atoms with E-state index in [0.717, 1.165) is 61.2 Å². The fraction of sp³-hybridized carbons (Fsp3) is 0.0588. The minimum atomic E-state index is -3.08. The molecule has 2 unspecified atom stereocenters. The van der Waals surface area contributed by atoms with Gasteiger partial charge in [0.05, 0.1) is 22.6 Å². The van der Waals surface area contributed by atoms with Crippen molar-refractivity contribution in [2.75, 3.05) is 0 Å². The Morgan fingerprint density at radius 1 is 0.655 bits per heavy atom. The van der Waals surface area contributed by atoms with Gasteiger partial charge in [-0.3, -0.25) is 9.97 Å². The Morgan fingerprint density at radius 2 is 1.36 bits per heavy atom. The second-order valence-corrected chi connectivity index (χ2v) is 18.5. The van der Waals surface area contributed by atoms with Crippen molar-refractivity contribution in [3.05, 3.63) is 216 Å². The average molecular weight is 858 g/mol. The minimum Gasteiger partial charge on any atom is -0.456 e. The van der Waals surface area contributed by atoms with Crippen LogP contribution in [0.4, 0.5) is 4.39 Å². The fourth-order valence-electron chi connectivity index (χ4n) is 9.22.